The van der Waals surface area contributed by atoms with Gasteiger partial charge < -0.3 is 15.4 Å². The molecule has 0 rings (SSSR count). The second-order valence-corrected chi connectivity index (χ2v) is 3.41. The van der Waals surface area contributed by atoms with Crippen LogP contribution >= 0.6 is 0 Å². The average Bonchev–Trinajstić information content (AvgIpc) is 1.94. The Kier molecular flexibility index (Phi) is 4.75. The topological polar surface area (TPSA) is 50.4 Å². The SMILES string of the molecule is CNC#CCNC(=O)OC(C)(C)C. The van der Waals surface area contributed by atoms with Crippen molar-refractivity contribution in [3.05, 3.63) is 0 Å². The minimum atomic E-state index is -0.458. The molecule has 74 valence electrons. The third-order valence-electron chi connectivity index (χ3n) is 0.933. The van der Waals surface area contributed by atoms with E-state index >= 15 is 0 Å². The monoisotopic (exact) mass is 184 g/mol. The van der Waals surface area contributed by atoms with Crippen LogP contribution in [0.2, 0.25) is 0 Å². The second-order valence-electron chi connectivity index (χ2n) is 3.41. The normalized spacial score (nSPS) is 9.54. The highest BCUT2D eigenvalue weighted by atomic mass is 16.6. The number of carbonyl (C=O) groups excluding carboxylic acids is 1. The molecule has 1 amide bonds. The Morgan fingerprint density at radius 1 is 1.46 bits per heavy atom. The molecule has 0 saturated carbocycles. The van der Waals surface area contributed by atoms with Crippen LogP contribution < -0.4 is 10.6 Å². The van der Waals surface area contributed by atoms with Gasteiger partial charge in [0.25, 0.3) is 0 Å². The first-order valence-electron chi connectivity index (χ1n) is 4.07. The number of hydrogen-bond acceptors (Lipinski definition) is 3. The van der Waals surface area contributed by atoms with Crippen molar-refractivity contribution in [1.29, 1.82) is 0 Å². The van der Waals surface area contributed by atoms with E-state index in [-0.39, 0.29) is 6.54 Å². The number of carbonyl (C=O) groups is 1. The molecule has 0 saturated heterocycles. The van der Waals surface area contributed by atoms with E-state index in [4.69, 9.17) is 4.74 Å². The van der Waals surface area contributed by atoms with Crippen molar-refractivity contribution in [2.24, 2.45) is 0 Å². The van der Waals surface area contributed by atoms with Gasteiger partial charge >= 0.3 is 6.09 Å². The smallest absolute Gasteiger partial charge is 0.408 e. The molecule has 0 aliphatic rings. The number of rotatable bonds is 1. The average molecular weight is 184 g/mol. The first-order valence-corrected chi connectivity index (χ1v) is 4.07. The minimum Gasteiger partial charge on any atom is -0.444 e. The molecule has 0 radical (unpaired) electrons. The zero-order chi connectivity index (χ0) is 10.3. The molecule has 0 aromatic carbocycles. The molecular formula is C9H16N2O2. The zero-order valence-electron chi connectivity index (χ0n) is 8.52. The van der Waals surface area contributed by atoms with E-state index in [0.29, 0.717) is 0 Å². The number of nitrogens with one attached hydrogen (secondary N) is 2. The lowest BCUT2D eigenvalue weighted by molar-refractivity contribution is 0.0535. The molecule has 4 heteroatoms. The van der Waals surface area contributed by atoms with Gasteiger partial charge in [-0.05, 0) is 20.8 Å². The zero-order valence-corrected chi connectivity index (χ0v) is 8.52. The summed E-state index contributed by atoms with van der Waals surface area (Å²) in [6.45, 7) is 5.72. The van der Waals surface area contributed by atoms with E-state index < -0.39 is 11.7 Å². The lowest BCUT2D eigenvalue weighted by atomic mass is 10.2. The molecule has 4 nitrogen and oxygen atoms in total. The Hall–Kier alpha value is -1.37. The summed E-state index contributed by atoms with van der Waals surface area (Å²) in [7, 11) is 1.71. The van der Waals surface area contributed by atoms with Crippen LogP contribution in [0.1, 0.15) is 20.8 Å². The van der Waals surface area contributed by atoms with Gasteiger partial charge in [-0.2, -0.15) is 0 Å². The predicted octanol–water partition coefficient (Wildman–Crippen LogP) is 0.691. The van der Waals surface area contributed by atoms with Crippen LogP contribution in [-0.2, 0) is 4.74 Å². The third kappa shape index (κ3) is 8.54. The van der Waals surface area contributed by atoms with Gasteiger partial charge in [0.05, 0.1) is 6.54 Å². The number of hydrogen-bond donors (Lipinski definition) is 2. The first kappa shape index (κ1) is 11.6. The van der Waals surface area contributed by atoms with Gasteiger partial charge in [0.1, 0.15) is 5.60 Å². The fourth-order valence-corrected chi connectivity index (χ4v) is 0.563. The molecular weight excluding hydrogens is 168 g/mol. The van der Waals surface area contributed by atoms with Gasteiger partial charge in [0, 0.05) is 13.1 Å². The molecule has 0 aromatic heterocycles. The van der Waals surface area contributed by atoms with Gasteiger partial charge in [-0.25, -0.2) is 4.79 Å². The van der Waals surface area contributed by atoms with Crippen molar-refractivity contribution in [3.63, 3.8) is 0 Å². The van der Waals surface area contributed by atoms with Crippen molar-refractivity contribution >= 4 is 6.09 Å². The van der Waals surface area contributed by atoms with Crippen molar-refractivity contribution in [1.82, 2.24) is 10.6 Å². The Labute approximate surface area is 79.0 Å². The highest BCUT2D eigenvalue weighted by molar-refractivity contribution is 5.67. The summed E-state index contributed by atoms with van der Waals surface area (Å²) in [4.78, 5) is 11.0. The van der Waals surface area contributed by atoms with Gasteiger partial charge in [-0.15, -0.1) is 0 Å². The molecule has 0 aromatic rings. The van der Waals surface area contributed by atoms with E-state index in [1.54, 1.807) is 7.05 Å². The molecule has 13 heavy (non-hydrogen) atoms. The van der Waals surface area contributed by atoms with Gasteiger partial charge in [-0.1, -0.05) is 5.92 Å². The Morgan fingerprint density at radius 2 is 2.08 bits per heavy atom. The third-order valence-corrected chi connectivity index (χ3v) is 0.933. The van der Waals surface area contributed by atoms with Crippen LogP contribution in [0.3, 0.4) is 0 Å². The molecule has 0 atom stereocenters. The lowest BCUT2D eigenvalue weighted by Crippen LogP contribution is -2.32. The van der Waals surface area contributed by atoms with E-state index in [1.165, 1.54) is 0 Å². The maximum atomic E-state index is 11.0. The van der Waals surface area contributed by atoms with E-state index in [9.17, 15) is 4.79 Å². The first-order chi connectivity index (χ1) is 5.95. The quantitative estimate of drug-likeness (QED) is 0.465. The maximum absolute atomic E-state index is 11.0. The van der Waals surface area contributed by atoms with Crippen molar-refractivity contribution in [2.45, 2.75) is 26.4 Å². The number of ether oxygens (including phenoxy) is 1. The summed E-state index contributed by atoms with van der Waals surface area (Å²) in [6, 6.07) is 2.60. The summed E-state index contributed by atoms with van der Waals surface area (Å²) in [5.74, 6) is 2.68. The molecule has 0 aliphatic heterocycles. The summed E-state index contributed by atoms with van der Waals surface area (Å²) in [5.41, 5.74) is -0.458. The van der Waals surface area contributed by atoms with E-state index in [2.05, 4.69) is 22.6 Å². The molecule has 0 fully saturated rings. The summed E-state index contributed by atoms with van der Waals surface area (Å²) in [5, 5.41) is 5.14. The van der Waals surface area contributed by atoms with Crippen molar-refractivity contribution < 1.29 is 9.53 Å². The minimum absolute atomic E-state index is 0.287. The van der Waals surface area contributed by atoms with Gasteiger partial charge in [0.15, 0.2) is 0 Å². The summed E-state index contributed by atoms with van der Waals surface area (Å²) < 4.78 is 4.98. The van der Waals surface area contributed by atoms with E-state index in [0.717, 1.165) is 0 Å². The molecule has 0 heterocycles. The second kappa shape index (κ2) is 5.31. The standard InChI is InChI=1S/C9H16N2O2/c1-9(2,3)13-8(12)11-7-5-6-10-4/h10H,7H2,1-4H3,(H,11,12). The number of alkyl carbamates (subject to hydrolysis) is 1. The van der Waals surface area contributed by atoms with Crippen LogP contribution in [-0.4, -0.2) is 25.3 Å². The van der Waals surface area contributed by atoms with Crippen LogP contribution in [0.25, 0.3) is 0 Å². The molecule has 0 bridgehead atoms. The van der Waals surface area contributed by atoms with Crippen LogP contribution in [0.5, 0.6) is 0 Å². The Morgan fingerprint density at radius 3 is 2.54 bits per heavy atom. The maximum Gasteiger partial charge on any atom is 0.408 e. The Bertz CT molecular complexity index is 220. The predicted molar refractivity (Wildman–Crippen MR) is 51.1 cm³/mol. The fourth-order valence-electron chi connectivity index (χ4n) is 0.563. The summed E-state index contributed by atoms with van der Waals surface area (Å²) >= 11 is 0. The van der Waals surface area contributed by atoms with Crippen LogP contribution in [0, 0.1) is 12.0 Å². The van der Waals surface area contributed by atoms with Crippen LogP contribution in [0.4, 0.5) is 4.79 Å². The molecule has 2 N–H and O–H groups in total. The highest BCUT2D eigenvalue weighted by Crippen LogP contribution is 2.05. The molecule has 0 aliphatic carbocycles. The Balaban J connectivity index is 3.64. The van der Waals surface area contributed by atoms with Gasteiger partial charge in [0.2, 0.25) is 0 Å². The van der Waals surface area contributed by atoms with Crippen LogP contribution in [0.15, 0.2) is 0 Å². The van der Waals surface area contributed by atoms with E-state index in [1.807, 2.05) is 20.8 Å². The largest absolute Gasteiger partial charge is 0.444 e. The van der Waals surface area contributed by atoms with Gasteiger partial charge in [-0.3, -0.25) is 0 Å². The molecule has 0 spiro atoms. The van der Waals surface area contributed by atoms with Crippen molar-refractivity contribution in [2.75, 3.05) is 13.6 Å². The molecule has 0 unspecified atom stereocenters. The fraction of sp³-hybridized carbons (Fsp3) is 0.667. The highest BCUT2D eigenvalue weighted by Gasteiger charge is 2.14. The van der Waals surface area contributed by atoms with Crippen molar-refractivity contribution in [3.8, 4) is 12.0 Å². The number of amides is 1. The lowest BCUT2D eigenvalue weighted by Gasteiger charge is -2.18. The summed E-state index contributed by atoms with van der Waals surface area (Å²) in [6.07, 6.45) is -0.446.